The van der Waals surface area contributed by atoms with Gasteiger partial charge in [0.25, 0.3) is 0 Å². The molecular formula is C26H31Cl3. The Kier molecular flexibility index (Phi) is 9.43. The third-order valence-electron chi connectivity index (χ3n) is 6.30. The molecule has 1 aliphatic carbocycles. The lowest BCUT2D eigenvalue weighted by Crippen LogP contribution is -2.13. The number of allylic oxidation sites excluding steroid dienone is 1. The molecule has 2 aromatic carbocycles. The SMILES string of the molecule is Cl/C=C/CCc1ccc(C2CCC(CCCCc3ccc(Cl)c(Cl)c3)CC2)cc1. The molecule has 0 spiro atoms. The molecule has 29 heavy (non-hydrogen) atoms. The van der Waals surface area contributed by atoms with Crippen LogP contribution in [0.4, 0.5) is 0 Å². The molecule has 0 atom stereocenters. The molecule has 3 rings (SSSR count). The Morgan fingerprint density at radius 2 is 1.52 bits per heavy atom. The maximum atomic E-state index is 6.11. The zero-order chi connectivity index (χ0) is 20.5. The van der Waals surface area contributed by atoms with Gasteiger partial charge in [-0.05, 0) is 92.0 Å². The van der Waals surface area contributed by atoms with E-state index < -0.39 is 0 Å². The van der Waals surface area contributed by atoms with Crippen LogP contribution in [0.5, 0.6) is 0 Å². The van der Waals surface area contributed by atoms with Crippen LogP contribution in [0.15, 0.2) is 54.1 Å². The van der Waals surface area contributed by atoms with Crippen LogP contribution in [0.3, 0.4) is 0 Å². The smallest absolute Gasteiger partial charge is 0.0595 e. The number of halogens is 3. The van der Waals surface area contributed by atoms with Crippen molar-refractivity contribution in [3.8, 4) is 0 Å². The van der Waals surface area contributed by atoms with Crippen LogP contribution in [0, 0.1) is 5.92 Å². The zero-order valence-electron chi connectivity index (χ0n) is 17.1. The first kappa shape index (κ1) is 22.7. The Balaban J connectivity index is 1.35. The molecule has 2 aromatic rings. The molecule has 0 heterocycles. The van der Waals surface area contributed by atoms with Crippen molar-refractivity contribution < 1.29 is 0 Å². The average molecular weight is 450 g/mol. The summed E-state index contributed by atoms with van der Waals surface area (Å²) in [4.78, 5) is 0. The summed E-state index contributed by atoms with van der Waals surface area (Å²) in [6, 6.07) is 15.3. The van der Waals surface area contributed by atoms with Gasteiger partial charge >= 0.3 is 0 Å². The highest BCUT2D eigenvalue weighted by atomic mass is 35.5. The van der Waals surface area contributed by atoms with Crippen molar-refractivity contribution in [2.24, 2.45) is 5.92 Å². The molecule has 0 nitrogen and oxygen atoms in total. The molecule has 156 valence electrons. The summed E-state index contributed by atoms with van der Waals surface area (Å²) in [5, 5.41) is 1.31. The number of benzene rings is 2. The van der Waals surface area contributed by atoms with E-state index in [1.807, 2.05) is 18.2 Å². The van der Waals surface area contributed by atoms with E-state index in [0.29, 0.717) is 10.0 Å². The van der Waals surface area contributed by atoms with E-state index in [2.05, 4.69) is 30.3 Å². The number of unbranched alkanes of at least 4 members (excludes halogenated alkanes) is 1. The van der Waals surface area contributed by atoms with Gasteiger partial charge in [-0.2, -0.15) is 0 Å². The lowest BCUT2D eigenvalue weighted by molar-refractivity contribution is 0.303. The van der Waals surface area contributed by atoms with E-state index in [1.165, 1.54) is 61.6 Å². The minimum absolute atomic E-state index is 0.644. The van der Waals surface area contributed by atoms with Crippen molar-refractivity contribution in [3.05, 3.63) is 80.8 Å². The second kappa shape index (κ2) is 12.0. The standard InChI is InChI=1S/C26H31Cl3/c27-18-4-3-6-21-10-15-24(16-11-21)23-13-8-20(9-14-23)5-1-2-7-22-12-17-25(28)26(29)19-22/h4,10-12,15-20,23H,1-3,5-9,13-14H2/b18-4+. The van der Waals surface area contributed by atoms with Crippen molar-refractivity contribution in [1.29, 1.82) is 0 Å². The van der Waals surface area contributed by atoms with E-state index >= 15 is 0 Å². The Morgan fingerprint density at radius 3 is 2.21 bits per heavy atom. The number of rotatable bonds is 9. The van der Waals surface area contributed by atoms with Crippen molar-refractivity contribution >= 4 is 34.8 Å². The van der Waals surface area contributed by atoms with Crippen molar-refractivity contribution in [3.63, 3.8) is 0 Å². The van der Waals surface area contributed by atoms with E-state index in [4.69, 9.17) is 34.8 Å². The highest BCUT2D eigenvalue weighted by molar-refractivity contribution is 6.42. The van der Waals surface area contributed by atoms with E-state index in [9.17, 15) is 0 Å². The molecular weight excluding hydrogens is 419 g/mol. The van der Waals surface area contributed by atoms with Crippen LogP contribution in [0.1, 0.15) is 74.0 Å². The van der Waals surface area contributed by atoms with Crippen LogP contribution in [0.25, 0.3) is 0 Å². The predicted molar refractivity (Wildman–Crippen MR) is 128 cm³/mol. The Bertz CT molecular complexity index is 771. The largest absolute Gasteiger partial charge is 0.0933 e. The molecule has 1 aliphatic rings. The van der Waals surface area contributed by atoms with Gasteiger partial charge < -0.3 is 0 Å². The van der Waals surface area contributed by atoms with Crippen LogP contribution < -0.4 is 0 Å². The van der Waals surface area contributed by atoms with E-state index in [1.54, 1.807) is 5.54 Å². The Labute approximate surface area is 191 Å². The minimum Gasteiger partial charge on any atom is -0.0933 e. The van der Waals surface area contributed by atoms with Gasteiger partial charge in [-0.25, -0.2) is 0 Å². The van der Waals surface area contributed by atoms with Crippen molar-refractivity contribution in [2.75, 3.05) is 0 Å². The molecule has 0 amide bonds. The maximum Gasteiger partial charge on any atom is 0.0595 e. The van der Waals surface area contributed by atoms with Gasteiger partial charge in [-0.3, -0.25) is 0 Å². The van der Waals surface area contributed by atoms with Crippen LogP contribution in [-0.4, -0.2) is 0 Å². The molecule has 0 saturated heterocycles. The fourth-order valence-corrected chi connectivity index (χ4v) is 4.96. The Morgan fingerprint density at radius 1 is 0.793 bits per heavy atom. The summed E-state index contributed by atoms with van der Waals surface area (Å²) in [6.07, 6.45) is 14.5. The van der Waals surface area contributed by atoms with Gasteiger partial charge in [0.2, 0.25) is 0 Å². The first-order chi connectivity index (χ1) is 14.2. The highest BCUT2D eigenvalue weighted by Gasteiger charge is 2.22. The fourth-order valence-electron chi connectivity index (χ4n) is 4.51. The second-order valence-electron chi connectivity index (χ2n) is 8.35. The van der Waals surface area contributed by atoms with Gasteiger partial charge in [0.1, 0.15) is 0 Å². The number of hydrogen-bond donors (Lipinski definition) is 0. The van der Waals surface area contributed by atoms with Crippen LogP contribution in [0.2, 0.25) is 10.0 Å². The normalized spacial score (nSPS) is 19.7. The molecule has 0 radical (unpaired) electrons. The first-order valence-corrected chi connectivity index (χ1v) is 12.1. The summed E-state index contributed by atoms with van der Waals surface area (Å²) < 4.78 is 0. The van der Waals surface area contributed by atoms with Crippen molar-refractivity contribution in [1.82, 2.24) is 0 Å². The van der Waals surface area contributed by atoms with Gasteiger partial charge in [-0.1, -0.05) is 84.1 Å². The van der Waals surface area contributed by atoms with Crippen LogP contribution in [-0.2, 0) is 12.8 Å². The summed E-state index contributed by atoms with van der Waals surface area (Å²) >= 11 is 17.7. The summed E-state index contributed by atoms with van der Waals surface area (Å²) in [5.74, 6) is 1.65. The quantitative estimate of drug-likeness (QED) is 0.334. The molecule has 1 saturated carbocycles. The fraction of sp³-hybridized carbons (Fsp3) is 0.462. The third-order valence-corrected chi connectivity index (χ3v) is 7.22. The molecule has 0 aromatic heterocycles. The van der Waals surface area contributed by atoms with E-state index in [0.717, 1.165) is 31.1 Å². The van der Waals surface area contributed by atoms with Gasteiger partial charge in [0.05, 0.1) is 10.0 Å². The topological polar surface area (TPSA) is 0 Å². The lowest BCUT2D eigenvalue weighted by Gasteiger charge is -2.29. The predicted octanol–water partition coefficient (Wildman–Crippen LogP) is 9.37. The summed E-state index contributed by atoms with van der Waals surface area (Å²) in [6.45, 7) is 0. The maximum absolute atomic E-state index is 6.11. The third kappa shape index (κ3) is 7.35. The molecule has 0 bridgehead atoms. The van der Waals surface area contributed by atoms with Crippen LogP contribution >= 0.6 is 34.8 Å². The van der Waals surface area contributed by atoms with E-state index in [-0.39, 0.29) is 0 Å². The van der Waals surface area contributed by atoms with Crippen molar-refractivity contribution in [2.45, 2.75) is 70.1 Å². The molecule has 1 fully saturated rings. The number of aryl methyl sites for hydroxylation is 2. The molecule has 3 heteroatoms. The highest BCUT2D eigenvalue weighted by Crippen LogP contribution is 2.38. The average Bonchev–Trinajstić information content (AvgIpc) is 2.75. The molecule has 0 unspecified atom stereocenters. The van der Waals surface area contributed by atoms with Gasteiger partial charge in [0.15, 0.2) is 0 Å². The van der Waals surface area contributed by atoms with Gasteiger partial charge in [0, 0.05) is 5.54 Å². The lowest BCUT2D eigenvalue weighted by atomic mass is 9.77. The Hall–Kier alpha value is -0.950. The zero-order valence-corrected chi connectivity index (χ0v) is 19.3. The number of hydrogen-bond acceptors (Lipinski definition) is 0. The second-order valence-corrected chi connectivity index (χ2v) is 9.42. The summed E-state index contributed by atoms with van der Waals surface area (Å²) in [7, 11) is 0. The minimum atomic E-state index is 0.644. The molecule has 0 aliphatic heterocycles. The first-order valence-electron chi connectivity index (χ1n) is 10.9. The summed E-state index contributed by atoms with van der Waals surface area (Å²) in [5.41, 5.74) is 5.84. The monoisotopic (exact) mass is 448 g/mol. The molecule has 0 N–H and O–H groups in total. The van der Waals surface area contributed by atoms with Gasteiger partial charge in [-0.15, -0.1) is 0 Å².